The number of methoxy groups -OCH3 is 2. The molecule has 0 amide bonds. The van der Waals surface area contributed by atoms with Crippen molar-refractivity contribution in [2.45, 2.75) is 37.3 Å². The molecule has 1 aromatic heterocycles. The maximum Gasteiger partial charge on any atom is 0.277 e. The average Bonchev–Trinajstić information content (AvgIpc) is 3.07. The Morgan fingerprint density at radius 1 is 1.22 bits per heavy atom. The minimum atomic E-state index is 0.0305. The molecule has 6 nitrogen and oxygen atoms in total. The van der Waals surface area contributed by atoms with Gasteiger partial charge in [-0.05, 0) is 24.1 Å². The van der Waals surface area contributed by atoms with E-state index in [1.54, 1.807) is 14.2 Å². The SMILES string of the molecule is CC[C@H](C)[C@H]([NH3+])c1nnc(SCc2ccc(OC)c(OC)c2)o1. The molecule has 0 spiro atoms. The van der Waals surface area contributed by atoms with E-state index in [1.807, 2.05) is 18.2 Å². The molecule has 7 heteroatoms. The van der Waals surface area contributed by atoms with Crippen molar-refractivity contribution in [3.8, 4) is 11.5 Å². The summed E-state index contributed by atoms with van der Waals surface area (Å²) in [5.74, 6) is 3.17. The minimum Gasteiger partial charge on any atom is -0.493 e. The second-order valence-electron chi connectivity index (χ2n) is 5.38. The van der Waals surface area contributed by atoms with E-state index >= 15 is 0 Å². The first-order chi connectivity index (χ1) is 11.1. The zero-order valence-corrected chi connectivity index (χ0v) is 14.9. The fourth-order valence-electron chi connectivity index (χ4n) is 2.07. The van der Waals surface area contributed by atoms with E-state index in [-0.39, 0.29) is 6.04 Å². The van der Waals surface area contributed by atoms with Crippen LogP contribution in [0.15, 0.2) is 27.8 Å². The minimum absolute atomic E-state index is 0.0305. The number of hydrogen-bond donors (Lipinski definition) is 1. The van der Waals surface area contributed by atoms with Crippen molar-refractivity contribution >= 4 is 11.8 Å². The zero-order valence-electron chi connectivity index (χ0n) is 14.0. The van der Waals surface area contributed by atoms with Crippen molar-refractivity contribution in [2.24, 2.45) is 5.92 Å². The van der Waals surface area contributed by atoms with E-state index in [0.717, 1.165) is 17.7 Å². The summed E-state index contributed by atoms with van der Waals surface area (Å²) < 4.78 is 16.3. The van der Waals surface area contributed by atoms with Gasteiger partial charge in [-0.15, -0.1) is 10.2 Å². The largest absolute Gasteiger partial charge is 0.493 e. The summed E-state index contributed by atoms with van der Waals surface area (Å²) in [7, 11) is 3.25. The van der Waals surface area contributed by atoms with Crippen LogP contribution in [0.3, 0.4) is 0 Å². The number of ether oxygens (including phenoxy) is 2. The highest BCUT2D eigenvalue weighted by Crippen LogP contribution is 2.31. The summed E-state index contributed by atoms with van der Waals surface area (Å²) in [4.78, 5) is 0. The molecule has 2 rings (SSSR count). The van der Waals surface area contributed by atoms with Gasteiger partial charge in [0.25, 0.3) is 11.1 Å². The van der Waals surface area contributed by atoms with Crippen LogP contribution < -0.4 is 15.2 Å². The number of thioether (sulfide) groups is 1. The van der Waals surface area contributed by atoms with Crippen molar-refractivity contribution in [3.63, 3.8) is 0 Å². The summed E-state index contributed by atoms with van der Waals surface area (Å²) in [6.45, 7) is 4.27. The van der Waals surface area contributed by atoms with Gasteiger partial charge in [0.05, 0.1) is 14.2 Å². The Balaban J connectivity index is 2.00. The average molecular weight is 338 g/mol. The lowest BCUT2D eigenvalue weighted by atomic mass is 10.0. The van der Waals surface area contributed by atoms with Crippen LogP contribution in [0.1, 0.15) is 37.8 Å². The summed E-state index contributed by atoms with van der Waals surface area (Å²) in [6, 6.07) is 5.87. The summed E-state index contributed by atoms with van der Waals surface area (Å²) in [6.07, 6.45) is 1.03. The fraction of sp³-hybridized carbons (Fsp3) is 0.500. The summed E-state index contributed by atoms with van der Waals surface area (Å²) in [5.41, 5.74) is 5.21. The van der Waals surface area contributed by atoms with Crippen LogP contribution in [0.4, 0.5) is 0 Å². The Bertz CT molecular complexity index is 633. The lowest BCUT2D eigenvalue weighted by Crippen LogP contribution is -2.56. The van der Waals surface area contributed by atoms with Crippen molar-refractivity contribution < 1.29 is 19.6 Å². The third kappa shape index (κ3) is 4.39. The molecular weight excluding hydrogens is 314 g/mol. The van der Waals surface area contributed by atoms with Gasteiger partial charge in [0.15, 0.2) is 17.5 Å². The molecule has 1 aromatic carbocycles. The number of nitrogens with zero attached hydrogens (tertiary/aromatic N) is 2. The number of benzene rings is 1. The number of quaternary nitrogens is 1. The zero-order chi connectivity index (χ0) is 16.8. The van der Waals surface area contributed by atoms with Gasteiger partial charge in [0.1, 0.15) is 0 Å². The van der Waals surface area contributed by atoms with Gasteiger partial charge in [-0.1, -0.05) is 31.7 Å². The second-order valence-corrected chi connectivity index (χ2v) is 6.30. The van der Waals surface area contributed by atoms with Gasteiger partial charge >= 0.3 is 0 Å². The quantitative estimate of drug-likeness (QED) is 0.745. The van der Waals surface area contributed by atoms with E-state index in [9.17, 15) is 0 Å². The van der Waals surface area contributed by atoms with Crippen molar-refractivity contribution in [1.82, 2.24) is 10.2 Å². The Kier molecular flexibility index (Phi) is 6.29. The molecule has 0 saturated carbocycles. The van der Waals surface area contributed by atoms with Gasteiger partial charge in [0.2, 0.25) is 0 Å². The van der Waals surface area contributed by atoms with E-state index < -0.39 is 0 Å². The molecule has 126 valence electrons. The van der Waals surface area contributed by atoms with Gasteiger partial charge < -0.3 is 19.6 Å². The summed E-state index contributed by atoms with van der Waals surface area (Å²) in [5, 5.41) is 8.77. The van der Waals surface area contributed by atoms with Crippen LogP contribution in [-0.2, 0) is 5.75 Å². The lowest BCUT2D eigenvalue weighted by Gasteiger charge is -2.10. The van der Waals surface area contributed by atoms with Crippen LogP contribution in [-0.4, -0.2) is 24.4 Å². The molecule has 23 heavy (non-hydrogen) atoms. The van der Waals surface area contributed by atoms with Crippen molar-refractivity contribution in [3.05, 3.63) is 29.7 Å². The first-order valence-corrected chi connectivity index (χ1v) is 8.57. The fourth-order valence-corrected chi connectivity index (χ4v) is 2.78. The third-order valence-electron chi connectivity index (χ3n) is 3.88. The highest BCUT2D eigenvalue weighted by molar-refractivity contribution is 7.98. The standard InChI is InChI=1S/C16H23N3O3S/c1-5-10(2)14(17)15-18-19-16(22-15)23-9-11-6-7-12(20-3)13(8-11)21-4/h6-8,10,14H,5,9,17H2,1-4H3/p+1/t10-,14-/m0/s1. The van der Waals surface area contributed by atoms with Gasteiger partial charge in [-0.25, -0.2) is 0 Å². The maximum atomic E-state index is 5.71. The topological polar surface area (TPSA) is 85.0 Å². The first-order valence-electron chi connectivity index (χ1n) is 7.59. The molecule has 0 aliphatic carbocycles. The molecule has 0 aliphatic heterocycles. The smallest absolute Gasteiger partial charge is 0.277 e. The molecule has 2 atom stereocenters. The monoisotopic (exact) mass is 338 g/mol. The van der Waals surface area contributed by atoms with E-state index in [2.05, 4.69) is 29.8 Å². The maximum absolute atomic E-state index is 5.71. The summed E-state index contributed by atoms with van der Waals surface area (Å²) >= 11 is 1.50. The molecule has 3 N–H and O–H groups in total. The molecule has 1 heterocycles. The Morgan fingerprint density at radius 3 is 2.61 bits per heavy atom. The molecule has 0 unspecified atom stereocenters. The molecule has 0 fully saturated rings. The molecule has 0 aliphatic rings. The van der Waals surface area contributed by atoms with Crippen LogP contribution in [0.5, 0.6) is 11.5 Å². The van der Waals surface area contributed by atoms with Crippen LogP contribution >= 0.6 is 11.8 Å². The number of hydrogen-bond acceptors (Lipinski definition) is 6. The Morgan fingerprint density at radius 2 is 1.96 bits per heavy atom. The molecule has 0 bridgehead atoms. The van der Waals surface area contributed by atoms with Crippen LogP contribution in [0, 0.1) is 5.92 Å². The second kappa shape index (κ2) is 8.21. The number of aromatic nitrogens is 2. The third-order valence-corrected chi connectivity index (χ3v) is 4.77. The van der Waals surface area contributed by atoms with Crippen molar-refractivity contribution in [1.29, 1.82) is 0 Å². The highest BCUT2D eigenvalue weighted by Gasteiger charge is 2.23. The predicted octanol–water partition coefficient (Wildman–Crippen LogP) is 2.71. The first kappa shape index (κ1) is 17.6. The highest BCUT2D eigenvalue weighted by atomic mass is 32.2. The van der Waals surface area contributed by atoms with Crippen LogP contribution in [0.25, 0.3) is 0 Å². The van der Waals surface area contributed by atoms with E-state index in [1.165, 1.54) is 11.8 Å². The Labute approximate surface area is 140 Å². The van der Waals surface area contributed by atoms with Crippen LogP contribution in [0.2, 0.25) is 0 Å². The normalized spacial score (nSPS) is 13.6. The van der Waals surface area contributed by atoms with Crippen molar-refractivity contribution in [2.75, 3.05) is 14.2 Å². The van der Waals surface area contributed by atoms with Gasteiger partial charge in [0, 0.05) is 11.7 Å². The molecule has 0 saturated heterocycles. The van der Waals surface area contributed by atoms with E-state index in [4.69, 9.17) is 13.9 Å². The molecule has 0 radical (unpaired) electrons. The lowest BCUT2D eigenvalue weighted by molar-refractivity contribution is -0.444. The van der Waals surface area contributed by atoms with Gasteiger partial charge in [-0.2, -0.15) is 0 Å². The molecule has 2 aromatic rings. The van der Waals surface area contributed by atoms with E-state index in [0.29, 0.717) is 28.5 Å². The number of rotatable bonds is 8. The molecular formula is C16H24N3O3S+. The van der Waals surface area contributed by atoms with Gasteiger partial charge in [-0.3, -0.25) is 0 Å². The predicted molar refractivity (Wildman–Crippen MR) is 88.5 cm³/mol. The Hall–Kier alpha value is -1.73.